The third-order valence-corrected chi connectivity index (χ3v) is 6.71. The van der Waals surface area contributed by atoms with Crippen molar-refractivity contribution in [1.29, 1.82) is 0 Å². The molecule has 0 fully saturated rings. The van der Waals surface area contributed by atoms with E-state index in [9.17, 15) is 19.2 Å². The van der Waals surface area contributed by atoms with Gasteiger partial charge < -0.3 is 53.3 Å². The number of carbonyl (C=O) groups excluding carboxylic acids is 4. The van der Waals surface area contributed by atoms with Crippen LogP contribution in [0.2, 0.25) is 0 Å². The second-order valence-corrected chi connectivity index (χ2v) is 12.1. The Labute approximate surface area is 280 Å². The number of alkyl carbamates (subject to hydrolysis) is 1. The summed E-state index contributed by atoms with van der Waals surface area (Å²) in [6.45, 7) is 7.45. The number of hydrogen-bond acceptors (Lipinski definition) is 9. The number of benzene rings is 1. The Morgan fingerprint density at radius 1 is 0.854 bits per heavy atom. The molecule has 48 heavy (non-hydrogen) atoms. The number of imidazole rings is 1. The molecule has 1 aromatic heterocycles. The molecule has 2 rings (SSSR count). The lowest BCUT2D eigenvalue weighted by Crippen LogP contribution is -2.56. The number of aromatic amines is 1. The Bertz CT molecular complexity index is 1430. The molecule has 3 amide bonds. The molecule has 0 radical (unpaired) electrons. The van der Waals surface area contributed by atoms with Crippen LogP contribution < -0.4 is 38.9 Å². The molecule has 17 nitrogen and oxygen atoms in total. The summed E-state index contributed by atoms with van der Waals surface area (Å²) in [6, 6.07) is 4.30. The quantitative estimate of drug-likeness (QED) is 0.0482. The van der Waals surface area contributed by atoms with Gasteiger partial charge >= 0.3 is 12.1 Å². The van der Waals surface area contributed by atoms with Crippen LogP contribution in [0.1, 0.15) is 57.7 Å². The summed E-state index contributed by atoms with van der Waals surface area (Å²) in [5.74, 6) is -1.70. The number of nitrogens with two attached hydrogens (primary N) is 4. The zero-order valence-corrected chi connectivity index (χ0v) is 28.2. The van der Waals surface area contributed by atoms with Crippen molar-refractivity contribution in [3.05, 3.63) is 41.7 Å². The van der Waals surface area contributed by atoms with E-state index >= 15 is 0 Å². The summed E-state index contributed by atoms with van der Waals surface area (Å²) < 4.78 is 10.2. The average Bonchev–Trinajstić information content (AvgIpc) is 3.47. The summed E-state index contributed by atoms with van der Waals surface area (Å²) in [4.78, 5) is 68.1. The second kappa shape index (κ2) is 18.7. The van der Waals surface area contributed by atoms with E-state index in [0.717, 1.165) is 11.1 Å². The highest BCUT2D eigenvalue weighted by atomic mass is 16.6. The highest BCUT2D eigenvalue weighted by molar-refractivity contribution is 5.93. The number of methoxy groups -OCH3 is 1. The Morgan fingerprint density at radius 3 is 1.94 bits per heavy atom. The fraction of sp³-hybridized carbons (Fsp3) is 0.516. The number of carbonyl (C=O) groups is 4. The number of esters is 1. The lowest BCUT2D eigenvalue weighted by molar-refractivity contribution is -0.145. The van der Waals surface area contributed by atoms with E-state index in [0.29, 0.717) is 24.4 Å². The van der Waals surface area contributed by atoms with Crippen LogP contribution in [0.15, 0.2) is 40.4 Å². The van der Waals surface area contributed by atoms with E-state index < -0.39 is 47.6 Å². The molecule has 0 unspecified atom stereocenters. The lowest BCUT2D eigenvalue weighted by atomic mass is 10.1. The molecule has 0 saturated heterocycles. The van der Waals surface area contributed by atoms with Crippen molar-refractivity contribution in [2.45, 2.75) is 83.5 Å². The van der Waals surface area contributed by atoms with Gasteiger partial charge in [-0.25, -0.2) is 14.6 Å². The van der Waals surface area contributed by atoms with Gasteiger partial charge in [-0.1, -0.05) is 29.8 Å². The van der Waals surface area contributed by atoms with Gasteiger partial charge in [-0.3, -0.25) is 19.6 Å². The van der Waals surface area contributed by atoms with Crippen LogP contribution in [0.5, 0.6) is 0 Å². The molecule has 1 heterocycles. The Balaban J connectivity index is 2.36. The fourth-order valence-corrected chi connectivity index (χ4v) is 4.41. The number of H-pyrrole nitrogens is 1. The Kier molecular flexibility index (Phi) is 15.1. The first-order chi connectivity index (χ1) is 22.6. The smallest absolute Gasteiger partial charge is 0.408 e. The number of aromatic nitrogens is 2. The first-order valence-electron chi connectivity index (χ1n) is 15.5. The molecule has 264 valence electrons. The normalized spacial score (nSPS) is 12.9. The van der Waals surface area contributed by atoms with Crippen LogP contribution in [-0.4, -0.2) is 89.7 Å². The van der Waals surface area contributed by atoms with Crippen molar-refractivity contribution >= 4 is 35.8 Å². The first kappa shape index (κ1) is 38.8. The van der Waals surface area contributed by atoms with Crippen LogP contribution >= 0.6 is 0 Å². The number of hydrogen-bond donors (Lipinski definition) is 8. The van der Waals surface area contributed by atoms with Gasteiger partial charge in [-0.05, 0) is 53.4 Å². The summed E-state index contributed by atoms with van der Waals surface area (Å²) in [5, 5.41) is 7.96. The summed E-state index contributed by atoms with van der Waals surface area (Å²) >= 11 is 0. The van der Waals surface area contributed by atoms with E-state index in [4.69, 9.17) is 32.4 Å². The van der Waals surface area contributed by atoms with E-state index in [2.05, 4.69) is 35.9 Å². The standard InChI is InChI=1S/C31H49N11O6/c1-18-10-12-19(13-11-18)24-38-17-20(39-24)16-23(26(44)40-22(27(45)47-5)9-7-15-37-29(34)35)41-25(43)21(8-6-14-36-28(32)33)42-30(46)48-31(2,3)4/h10-13,17,21-23H,6-9,14-16H2,1-5H3,(H,38,39)(H,40,44)(H,41,43)(H,42,46)(H4,32,33,36)(H4,34,35,37)/t21-,22-,23-/m0/s1. The maximum absolute atomic E-state index is 13.7. The van der Waals surface area contributed by atoms with E-state index in [1.807, 2.05) is 31.2 Å². The number of aliphatic imine (C=N–C) groups is 2. The molecule has 0 aliphatic rings. The molecule has 3 atom stereocenters. The average molecular weight is 672 g/mol. The number of amides is 3. The van der Waals surface area contributed by atoms with E-state index in [1.54, 1.807) is 27.0 Å². The molecule has 0 aliphatic carbocycles. The van der Waals surface area contributed by atoms with Crippen molar-refractivity contribution in [3.63, 3.8) is 0 Å². The van der Waals surface area contributed by atoms with Gasteiger partial charge in [-0.2, -0.15) is 0 Å². The molecule has 0 aliphatic heterocycles. The number of rotatable bonds is 17. The molecule has 1 aromatic carbocycles. The third-order valence-electron chi connectivity index (χ3n) is 6.71. The van der Waals surface area contributed by atoms with Gasteiger partial charge in [0.1, 0.15) is 29.6 Å². The minimum absolute atomic E-state index is 0.0362. The number of nitrogens with zero attached hydrogens (tertiary/aromatic N) is 3. The van der Waals surface area contributed by atoms with E-state index in [1.165, 1.54) is 7.11 Å². The lowest BCUT2D eigenvalue weighted by Gasteiger charge is -2.26. The van der Waals surface area contributed by atoms with Crippen molar-refractivity contribution in [2.24, 2.45) is 32.9 Å². The topological polar surface area (TPSA) is 280 Å². The molecular formula is C31H49N11O6. The number of ether oxygens (including phenoxy) is 2. The van der Waals surface area contributed by atoms with Gasteiger partial charge in [0.2, 0.25) is 11.8 Å². The van der Waals surface area contributed by atoms with Crippen LogP contribution in [0.3, 0.4) is 0 Å². The van der Waals surface area contributed by atoms with Crippen molar-refractivity contribution in [3.8, 4) is 11.4 Å². The maximum Gasteiger partial charge on any atom is 0.408 e. The number of nitrogens with one attached hydrogen (secondary N) is 4. The number of guanidine groups is 2. The third kappa shape index (κ3) is 14.4. The second-order valence-electron chi connectivity index (χ2n) is 12.1. The van der Waals surface area contributed by atoms with Gasteiger partial charge in [0.05, 0.1) is 7.11 Å². The van der Waals surface area contributed by atoms with Crippen LogP contribution in [0, 0.1) is 6.92 Å². The van der Waals surface area contributed by atoms with Crippen molar-refractivity contribution in [2.75, 3.05) is 20.2 Å². The Morgan fingerprint density at radius 2 is 1.40 bits per heavy atom. The highest BCUT2D eigenvalue weighted by Gasteiger charge is 2.31. The highest BCUT2D eigenvalue weighted by Crippen LogP contribution is 2.17. The molecular weight excluding hydrogens is 622 g/mol. The van der Waals surface area contributed by atoms with Gasteiger partial charge in [0.25, 0.3) is 0 Å². The summed E-state index contributed by atoms with van der Waals surface area (Å²) in [7, 11) is 1.20. The molecule has 12 N–H and O–H groups in total. The molecule has 17 heteroatoms. The minimum Gasteiger partial charge on any atom is -0.467 e. The SMILES string of the molecule is COC(=O)[C@H](CCCN=C(N)N)NC(=O)[C@H](Cc1cnc(-c2ccc(C)cc2)[nH]1)NC(=O)[C@H](CCCN=C(N)N)NC(=O)OC(C)(C)C. The summed E-state index contributed by atoms with van der Waals surface area (Å²) in [5.41, 5.74) is 23.2. The Hall–Kier alpha value is -5.35. The van der Waals surface area contributed by atoms with Gasteiger partial charge in [0, 0.05) is 37.0 Å². The largest absolute Gasteiger partial charge is 0.467 e. The maximum atomic E-state index is 13.7. The molecule has 0 bridgehead atoms. The fourth-order valence-electron chi connectivity index (χ4n) is 4.41. The van der Waals surface area contributed by atoms with Gasteiger partial charge in [-0.15, -0.1) is 0 Å². The minimum atomic E-state index is -1.21. The zero-order valence-electron chi connectivity index (χ0n) is 28.2. The first-order valence-corrected chi connectivity index (χ1v) is 15.5. The molecule has 0 spiro atoms. The predicted molar refractivity (Wildman–Crippen MR) is 181 cm³/mol. The number of aryl methyl sites for hydroxylation is 1. The van der Waals surface area contributed by atoms with Crippen LogP contribution in [0.25, 0.3) is 11.4 Å². The molecule has 0 saturated carbocycles. The van der Waals surface area contributed by atoms with Crippen LogP contribution in [-0.2, 0) is 30.3 Å². The van der Waals surface area contributed by atoms with Crippen molar-refractivity contribution < 1.29 is 28.7 Å². The van der Waals surface area contributed by atoms with Crippen molar-refractivity contribution in [1.82, 2.24) is 25.9 Å². The monoisotopic (exact) mass is 671 g/mol. The molecule has 2 aromatic rings. The van der Waals surface area contributed by atoms with Crippen LogP contribution in [0.4, 0.5) is 4.79 Å². The van der Waals surface area contributed by atoms with E-state index in [-0.39, 0.29) is 44.3 Å². The summed E-state index contributed by atoms with van der Waals surface area (Å²) in [6.07, 6.45) is 1.65. The predicted octanol–water partition coefficient (Wildman–Crippen LogP) is 0.0707. The van der Waals surface area contributed by atoms with Gasteiger partial charge in [0.15, 0.2) is 11.9 Å². The zero-order chi connectivity index (χ0) is 35.9.